The van der Waals surface area contributed by atoms with Gasteiger partial charge < -0.3 is 14.6 Å². The largest absolute Gasteiger partial charge is 0.467 e. The molecule has 0 amide bonds. The molecule has 3 nitrogen and oxygen atoms in total. The molecule has 0 heterocycles. The summed E-state index contributed by atoms with van der Waals surface area (Å²) in [6, 6.07) is 5.70. The van der Waals surface area contributed by atoms with Gasteiger partial charge in [0.2, 0.25) is 0 Å². The summed E-state index contributed by atoms with van der Waals surface area (Å²) in [5.41, 5.74) is 1.88. The molecule has 1 aromatic rings. The molecule has 0 unspecified atom stereocenters. The first-order chi connectivity index (χ1) is 6.65. The van der Waals surface area contributed by atoms with Gasteiger partial charge in [0, 0.05) is 12.7 Å². The lowest BCUT2D eigenvalue weighted by Crippen LogP contribution is -2.03. The molecule has 78 valence electrons. The van der Waals surface area contributed by atoms with E-state index in [1.807, 2.05) is 25.1 Å². The molecule has 1 N–H and O–H groups in total. The zero-order valence-electron chi connectivity index (χ0n) is 8.78. The van der Waals surface area contributed by atoms with E-state index < -0.39 is 6.10 Å². The Kier molecular flexibility index (Phi) is 3.92. The highest BCUT2D eigenvalue weighted by molar-refractivity contribution is 5.38. The van der Waals surface area contributed by atoms with Crippen LogP contribution in [0, 0.1) is 6.92 Å². The molecule has 0 saturated carbocycles. The highest BCUT2D eigenvalue weighted by Gasteiger charge is 2.08. The second-order valence-electron chi connectivity index (χ2n) is 3.27. The maximum atomic E-state index is 9.47. The average molecular weight is 196 g/mol. The van der Waals surface area contributed by atoms with Gasteiger partial charge in [-0.1, -0.05) is 12.1 Å². The fraction of sp³-hybridized carbons (Fsp3) is 0.455. The molecule has 0 aliphatic rings. The Balaban J connectivity index is 2.91. The van der Waals surface area contributed by atoms with Crippen molar-refractivity contribution in [2.75, 3.05) is 13.9 Å². The monoisotopic (exact) mass is 196 g/mol. The zero-order valence-corrected chi connectivity index (χ0v) is 8.78. The Bertz CT molecular complexity index is 295. The molecule has 1 aromatic carbocycles. The van der Waals surface area contributed by atoms with Crippen LogP contribution in [-0.4, -0.2) is 19.0 Å². The Labute approximate surface area is 84.3 Å². The van der Waals surface area contributed by atoms with E-state index in [0.29, 0.717) is 5.75 Å². The minimum absolute atomic E-state index is 0.198. The molecule has 0 aliphatic carbocycles. The lowest BCUT2D eigenvalue weighted by atomic mass is 10.1. The summed E-state index contributed by atoms with van der Waals surface area (Å²) in [5.74, 6) is 0.682. The highest BCUT2D eigenvalue weighted by atomic mass is 16.7. The fourth-order valence-electron chi connectivity index (χ4n) is 1.23. The number of aryl methyl sites for hydroxylation is 1. The van der Waals surface area contributed by atoms with Gasteiger partial charge in [0.25, 0.3) is 0 Å². The second kappa shape index (κ2) is 4.98. The molecule has 0 spiro atoms. The normalized spacial score (nSPS) is 12.6. The van der Waals surface area contributed by atoms with Gasteiger partial charge in [0.1, 0.15) is 5.75 Å². The number of aliphatic hydroxyl groups excluding tert-OH is 1. The van der Waals surface area contributed by atoms with Gasteiger partial charge in [0.05, 0.1) is 6.10 Å². The van der Waals surface area contributed by atoms with Crippen LogP contribution >= 0.6 is 0 Å². The molecule has 0 saturated heterocycles. The van der Waals surface area contributed by atoms with Crippen molar-refractivity contribution in [1.82, 2.24) is 0 Å². The van der Waals surface area contributed by atoms with Crippen LogP contribution < -0.4 is 4.74 Å². The zero-order chi connectivity index (χ0) is 10.6. The first kappa shape index (κ1) is 11.0. The lowest BCUT2D eigenvalue weighted by molar-refractivity contribution is 0.0483. The molecule has 14 heavy (non-hydrogen) atoms. The molecular weight excluding hydrogens is 180 g/mol. The van der Waals surface area contributed by atoms with Crippen LogP contribution in [0.15, 0.2) is 18.2 Å². The molecule has 3 heteroatoms. The van der Waals surface area contributed by atoms with E-state index in [0.717, 1.165) is 11.1 Å². The van der Waals surface area contributed by atoms with Crippen molar-refractivity contribution in [3.05, 3.63) is 29.3 Å². The summed E-state index contributed by atoms with van der Waals surface area (Å²) in [6.45, 7) is 3.89. The maximum Gasteiger partial charge on any atom is 0.188 e. The van der Waals surface area contributed by atoms with E-state index in [1.165, 1.54) is 0 Å². The first-order valence-electron chi connectivity index (χ1n) is 4.55. The van der Waals surface area contributed by atoms with Gasteiger partial charge in [0.15, 0.2) is 6.79 Å². The van der Waals surface area contributed by atoms with E-state index in [9.17, 15) is 5.11 Å². The van der Waals surface area contributed by atoms with Gasteiger partial charge >= 0.3 is 0 Å². The topological polar surface area (TPSA) is 38.7 Å². The summed E-state index contributed by atoms with van der Waals surface area (Å²) in [7, 11) is 1.57. The maximum absolute atomic E-state index is 9.47. The van der Waals surface area contributed by atoms with Crippen LogP contribution in [0.1, 0.15) is 24.2 Å². The molecule has 1 rings (SSSR count). The van der Waals surface area contributed by atoms with Crippen LogP contribution in [0.25, 0.3) is 0 Å². The number of hydrogen-bond donors (Lipinski definition) is 1. The number of methoxy groups -OCH3 is 1. The minimum Gasteiger partial charge on any atom is -0.467 e. The van der Waals surface area contributed by atoms with Crippen LogP contribution in [0.2, 0.25) is 0 Å². The first-order valence-corrected chi connectivity index (χ1v) is 4.55. The Morgan fingerprint density at radius 3 is 2.71 bits per heavy atom. The van der Waals surface area contributed by atoms with Crippen LogP contribution in [0.4, 0.5) is 0 Å². The number of ether oxygens (including phenoxy) is 2. The molecule has 0 aliphatic heterocycles. The van der Waals surface area contributed by atoms with Crippen molar-refractivity contribution in [3.8, 4) is 5.75 Å². The molecule has 0 bridgehead atoms. The van der Waals surface area contributed by atoms with E-state index >= 15 is 0 Å². The van der Waals surface area contributed by atoms with Gasteiger partial charge in [-0.15, -0.1) is 0 Å². The van der Waals surface area contributed by atoms with Crippen molar-refractivity contribution < 1.29 is 14.6 Å². The molecule has 0 fully saturated rings. The van der Waals surface area contributed by atoms with Crippen LogP contribution in [-0.2, 0) is 4.74 Å². The second-order valence-corrected chi connectivity index (χ2v) is 3.27. The Morgan fingerprint density at radius 1 is 1.43 bits per heavy atom. The van der Waals surface area contributed by atoms with Crippen molar-refractivity contribution in [1.29, 1.82) is 0 Å². The third kappa shape index (κ3) is 2.72. The third-order valence-electron chi connectivity index (χ3n) is 1.95. The van der Waals surface area contributed by atoms with Gasteiger partial charge in [-0.2, -0.15) is 0 Å². The Hall–Kier alpha value is -1.06. The fourth-order valence-corrected chi connectivity index (χ4v) is 1.23. The summed E-state index contributed by atoms with van der Waals surface area (Å²) < 4.78 is 10.2. The number of rotatable bonds is 4. The predicted octanol–water partition coefficient (Wildman–Crippen LogP) is 2.03. The van der Waals surface area contributed by atoms with Crippen LogP contribution in [0.3, 0.4) is 0 Å². The van der Waals surface area contributed by atoms with E-state index in [-0.39, 0.29) is 6.79 Å². The van der Waals surface area contributed by atoms with Gasteiger partial charge in [-0.3, -0.25) is 0 Å². The SMILES string of the molecule is COCOc1cc(C)ccc1[C@@H](C)O. The predicted molar refractivity (Wildman–Crippen MR) is 54.3 cm³/mol. The van der Waals surface area contributed by atoms with E-state index in [1.54, 1.807) is 14.0 Å². The lowest BCUT2D eigenvalue weighted by Gasteiger charge is -2.13. The van der Waals surface area contributed by atoms with E-state index in [2.05, 4.69) is 0 Å². The van der Waals surface area contributed by atoms with Crippen molar-refractivity contribution in [3.63, 3.8) is 0 Å². The summed E-state index contributed by atoms with van der Waals surface area (Å²) in [6.07, 6.45) is -0.526. The molecular formula is C11H16O3. The number of hydrogen-bond acceptors (Lipinski definition) is 3. The van der Waals surface area contributed by atoms with Crippen LogP contribution in [0.5, 0.6) is 5.75 Å². The number of aliphatic hydroxyl groups is 1. The summed E-state index contributed by atoms with van der Waals surface area (Å²) >= 11 is 0. The number of benzene rings is 1. The smallest absolute Gasteiger partial charge is 0.188 e. The van der Waals surface area contributed by atoms with E-state index in [4.69, 9.17) is 9.47 Å². The average Bonchev–Trinajstić information content (AvgIpc) is 2.14. The molecule has 0 radical (unpaired) electrons. The quantitative estimate of drug-likeness (QED) is 0.749. The van der Waals surface area contributed by atoms with Crippen molar-refractivity contribution in [2.45, 2.75) is 20.0 Å². The van der Waals surface area contributed by atoms with Gasteiger partial charge in [-0.25, -0.2) is 0 Å². The minimum atomic E-state index is -0.526. The molecule has 0 aromatic heterocycles. The van der Waals surface area contributed by atoms with Crippen molar-refractivity contribution >= 4 is 0 Å². The summed E-state index contributed by atoms with van der Waals surface area (Å²) in [5, 5.41) is 9.47. The summed E-state index contributed by atoms with van der Waals surface area (Å²) in [4.78, 5) is 0. The third-order valence-corrected chi connectivity index (χ3v) is 1.95. The standard InChI is InChI=1S/C11H16O3/c1-8-4-5-10(9(2)12)11(6-8)14-7-13-3/h4-6,9,12H,7H2,1-3H3/t9-/m1/s1. The molecule has 1 atom stereocenters. The highest BCUT2D eigenvalue weighted by Crippen LogP contribution is 2.26. The Morgan fingerprint density at radius 2 is 2.14 bits per heavy atom. The van der Waals surface area contributed by atoms with Gasteiger partial charge in [-0.05, 0) is 25.5 Å². The van der Waals surface area contributed by atoms with Crippen molar-refractivity contribution in [2.24, 2.45) is 0 Å².